The average molecular weight is 224 g/mol. The van der Waals surface area contributed by atoms with Crippen LogP contribution in [-0.4, -0.2) is 24.1 Å². The second-order valence-corrected chi connectivity index (χ2v) is 3.13. The Bertz CT molecular complexity index is 191. The van der Waals surface area contributed by atoms with Crippen molar-refractivity contribution in [1.82, 2.24) is 0 Å². The van der Waals surface area contributed by atoms with E-state index in [1.165, 1.54) is 0 Å². The van der Waals surface area contributed by atoms with E-state index in [1.807, 2.05) is 0 Å². The van der Waals surface area contributed by atoms with Crippen molar-refractivity contribution in [2.24, 2.45) is 0 Å². The molecule has 1 nitrogen and oxygen atoms in total. The Kier molecular flexibility index (Phi) is 3.48. The molecule has 0 aliphatic heterocycles. The minimum absolute atomic E-state index is 0.0508. The van der Waals surface area contributed by atoms with E-state index in [0.29, 0.717) is 13.8 Å². The summed E-state index contributed by atoms with van der Waals surface area (Å²) >= 11 is 0. The van der Waals surface area contributed by atoms with Gasteiger partial charge in [0.15, 0.2) is 0 Å². The molecule has 2 atom stereocenters. The standard InChI is InChI=1S/C7H10F6O/c1-4(5(2,8)9)14-6(3,10)7(11,12)13/h4H,1-3H3. The minimum Gasteiger partial charge on any atom is -0.330 e. The van der Waals surface area contributed by atoms with Crippen molar-refractivity contribution in [3.05, 3.63) is 0 Å². The molecule has 0 aliphatic rings. The van der Waals surface area contributed by atoms with E-state index < -0.39 is 24.1 Å². The monoisotopic (exact) mass is 224 g/mol. The molecule has 7 heteroatoms. The summed E-state index contributed by atoms with van der Waals surface area (Å²) in [7, 11) is 0. The van der Waals surface area contributed by atoms with Crippen molar-refractivity contribution in [1.29, 1.82) is 0 Å². The van der Waals surface area contributed by atoms with E-state index in [1.54, 1.807) is 0 Å². The maximum atomic E-state index is 12.7. The fourth-order valence-electron chi connectivity index (χ4n) is 0.502. The van der Waals surface area contributed by atoms with Crippen molar-refractivity contribution in [3.63, 3.8) is 0 Å². The van der Waals surface area contributed by atoms with E-state index in [2.05, 4.69) is 4.74 Å². The maximum Gasteiger partial charge on any atom is 0.448 e. The number of alkyl halides is 6. The first kappa shape index (κ1) is 13.5. The molecule has 2 unspecified atom stereocenters. The number of hydrogen-bond donors (Lipinski definition) is 0. The van der Waals surface area contributed by atoms with Gasteiger partial charge in [0, 0.05) is 13.8 Å². The van der Waals surface area contributed by atoms with Gasteiger partial charge >= 0.3 is 12.0 Å². The van der Waals surface area contributed by atoms with Gasteiger partial charge in [0.2, 0.25) is 0 Å². The molecule has 0 saturated heterocycles. The lowest BCUT2D eigenvalue weighted by atomic mass is 10.2. The third-order valence-electron chi connectivity index (χ3n) is 1.62. The number of rotatable bonds is 3. The highest BCUT2D eigenvalue weighted by Crippen LogP contribution is 2.37. The molecule has 0 saturated carbocycles. The second-order valence-electron chi connectivity index (χ2n) is 3.13. The highest BCUT2D eigenvalue weighted by Gasteiger charge is 2.56. The van der Waals surface area contributed by atoms with Crippen LogP contribution in [0.4, 0.5) is 26.3 Å². The molecule has 0 aromatic rings. The lowest BCUT2D eigenvalue weighted by molar-refractivity contribution is -0.349. The van der Waals surface area contributed by atoms with Crippen LogP contribution in [0.2, 0.25) is 0 Å². The van der Waals surface area contributed by atoms with Crippen LogP contribution in [0.1, 0.15) is 20.8 Å². The summed E-state index contributed by atoms with van der Waals surface area (Å²) in [5.41, 5.74) is 0. The van der Waals surface area contributed by atoms with Crippen LogP contribution in [0.3, 0.4) is 0 Å². The minimum atomic E-state index is -5.33. The zero-order chi connectivity index (χ0) is 11.8. The summed E-state index contributed by atoms with van der Waals surface area (Å²) in [5, 5.41) is 0. The maximum absolute atomic E-state index is 12.7. The largest absolute Gasteiger partial charge is 0.448 e. The Morgan fingerprint density at radius 2 is 1.29 bits per heavy atom. The highest BCUT2D eigenvalue weighted by molar-refractivity contribution is 4.77. The lowest BCUT2D eigenvalue weighted by Gasteiger charge is -2.29. The summed E-state index contributed by atoms with van der Waals surface area (Å²) in [6, 6.07) is 0. The van der Waals surface area contributed by atoms with Crippen LogP contribution >= 0.6 is 0 Å². The number of hydrogen-bond acceptors (Lipinski definition) is 1. The van der Waals surface area contributed by atoms with E-state index >= 15 is 0 Å². The van der Waals surface area contributed by atoms with Gasteiger partial charge in [-0.25, -0.2) is 13.2 Å². The molecule has 14 heavy (non-hydrogen) atoms. The molecule has 86 valence electrons. The summed E-state index contributed by atoms with van der Waals surface area (Å²) in [5.74, 6) is -7.59. The van der Waals surface area contributed by atoms with Crippen LogP contribution in [0.15, 0.2) is 0 Å². The van der Waals surface area contributed by atoms with Gasteiger partial charge in [0.05, 0.1) is 0 Å². The van der Waals surface area contributed by atoms with Gasteiger partial charge in [-0.15, -0.1) is 0 Å². The Balaban J connectivity index is 4.53. The van der Waals surface area contributed by atoms with E-state index in [-0.39, 0.29) is 6.92 Å². The van der Waals surface area contributed by atoms with E-state index in [9.17, 15) is 26.3 Å². The van der Waals surface area contributed by atoms with Crippen molar-refractivity contribution in [2.75, 3.05) is 0 Å². The van der Waals surface area contributed by atoms with Gasteiger partial charge in [-0.3, -0.25) is 0 Å². The van der Waals surface area contributed by atoms with Gasteiger partial charge in [0.25, 0.3) is 5.92 Å². The average Bonchev–Trinajstić information content (AvgIpc) is 1.80. The van der Waals surface area contributed by atoms with Crippen molar-refractivity contribution in [2.45, 2.75) is 44.8 Å². The molecule has 0 fully saturated rings. The third kappa shape index (κ3) is 3.36. The fourth-order valence-corrected chi connectivity index (χ4v) is 0.502. The molecule has 0 rings (SSSR count). The van der Waals surface area contributed by atoms with Gasteiger partial charge in [-0.05, 0) is 6.92 Å². The quantitative estimate of drug-likeness (QED) is 0.668. The fraction of sp³-hybridized carbons (Fsp3) is 1.00. The molecule has 0 aliphatic carbocycles. The van der Waals surface area contributed by atoms with Gasteiger partial charge in [-0.2, -0.15) is 13.2 Å². The predicted octanol–water partition coefficient (Wildman–Crippen LogP) is 3.29. The third-order valence-corrected chi connectivity index (χ3v) is 1.62. The smallest absolute Gasteiger partial charge is 0.330 e. The summed E-state index contributed by atoms with van der Waals surface area (Å²) in [4.78, 5) is 0. The molecular formula is C7H10F6O. The van der Waals surface area contributed by atoms with E-state index in [4.69, 9.17) is 0 Å². The van der Waals surface area contributed by atoms with Crippen LogP contribution in [0.5, 0.6) is 0 Å². The Hall–Kier alpha value is -0.460. The molecule has 0 radical (unpaired) electrons. The van der Waals surface area contributed by atoms with Crippen LogP contribution in [0, 0.1) is 0 Å². The Morgan fingerprint density at radius 1 is 0.929 bits per heavy atom. The molecule has 0 N–H and O–H groups in total. The molecule has 0 amide bonds. The first-order valence-corrected chi connectivity index (χ1v) is 3.69. The highest BCUT2D eigenvalue weighted by atomic mass is 19.4. The lowest BCUT2D eigenvalue weighted by Crippen LogP contribution is -2.46. The SMILES string of the molecule is CC(OC(C)(F)C(F)(F)F)C(C)(F)F. The molecule has 0 aromatic carbocycles. The van der Waals surface area contributed by atoms with Crippen molar-refractivity contribution in [3.8, 4) is 0 Å². The first-order valence-electron chi connectivity index (χ1n) is 3.69. The van der Waals surface area contributed by atoms with E-state index in [0.717, 1.165) is 0 Å². The molecule has 0 spiro atoms. The molecular weight excluding hydrogens is 214 g/mol. The second kappa shape index (κ2) is 3.60. The van der Waals surface area contributed by atoms with Crippen LogP contribution in [-0.2, 0) is 4.74 Å². The summed E-state index contributed by atoms with van der Waals surface area (Å²) < 4.78 is 76.6. The predicted molar refractivity (Wildman–Crippen MR) is 36.7 cm³/mol. The first-order chi connectivity index (χ1) is 5.88. The van der Waals surface area contributed by atoms with Crippen molar-refractivity contribution < 1.29 is 31.1 Å². The molecule has 0 bridgehead atoms. The zero-order valence-electron chi connectivity index (χ0n) is 7.75. The zero-order valence-corrected chi connectivity index (χ0v) is 7.75. The van der Waals surface area contributed by atoms with Crippen molar-refractivity contribution >= 4 is 0 Å². The summed E-state index contributed by atoms with van der Waals surface area (Å²) in [6.07, 6.45) is -7.48. The molecule has 0 heterocycles. The topological polar surface area (TPSA) is 9.23 Å². The summed E-state index contributed by atoms with van der Waals surface area (Å²) in [6.45, 7) is 1.07. The Morgan fingerprint density at radius 3 is 1.50 bits per heavy atom. The van der Waals surface area contributed by atoms with Gasteiger partial charge in [0.1, 0.15) is 6.10 Å². The van der Waals surface area contributed by atoms with Crippen LogP contribution in [0.25, 0.3) is 0 Å². The Labute approximate surface area is 77.0 Å². The normalized spacial score (nSPS) is 20.4. The number of ether oxygens (including phenoxy) is 1. The number of halogens is 6. The van der Waals surface area contributed by atoms with Crippen LogP contribution < -0.4 is 0 Å². The van der Waals surface area contributed by atoms with Gasteiger partial charge < -0.3 is 4.74 Å². The molecule has 0 aromatic heterocycles. The van der Waals surface area contributed by atoms with Gasteiger partial charge in [-0.1, -0.05) is 0 Å².